The van der Waals surface area contributed by atoms with E-state index in [0.717, 1.165) is 11.0 Å². The van der Waals surface area contributed by atoms with Gasteiger partial charge in [-0.2, -0.15) is 0 Å². The molecule has 0 aliphatic carbocycles. The highest BCUT2D eigenvalue weighted by molar-refractivity contribution is 5.75. The SMILES string of the molecule is CC#CCCn1c(=O)n(C)c2ccccc21. The third-order valence-electron chi connectivity index (χ3n) is 2.69. The zero-order chi connectivity index (χ0) is 11.5. The van der Waals surface area contributed by atoms with Gasteiger partial charge in [0, 0.05) is 20.0 Å². The maximum atomic E-state index is 12.0. The van der Waals surface area contributed by atoms with Crippen molar-refractivity contribution in [3.05, 3.63) is 34.7 Å². The normalized spacial score (nSPS) is 10.1. The third kappa shape index (κ3) is 1.63. The molecule has 0 N–H and O–H groups in total. The highest BCUT2D eigenvalue weighted by Gasteiger charge is 2.08. The lowest BCUT2D eigenvalue weighted by Crippen LogP contribution is -2.22. The van der Waals surface area contributed by atoms with Gasteiger partial charge in [-0.05, 0) is 19.1 Å². The van der Waals surface area contributed by atoms with Crippen molar-refractivity contribution in [2.45, 2.75) is 19.9 Å². The lowest BCUT2D eigenvalue weighted by molar-refractivity contribution is 0.682. The standard InChI is InChI=1S/C13H14N2O/c1-3-4-7-10-15-12-9-6-5-8-11(12)14(2)13(15)16/h5-6,8-9H,7,10H2,1-2H3. The van der Waals surface area contributed by atoms with Crippen LogP contribution in [0, 0.1) is 11.8 Å². The molecule has 0 saturated heterocycles. The van der Waals surface area contributed by atoms with Crippen LogP contribution in [0.5, 0.6) is 0 Å². The molecule has 2 rings (SSSR count). The van der Waals surface area contributed by atoms with E-state index < -0.39 is 0 Å². The van der Waals surface area contributed by atoms with Gasteiger partial charge in [-0.15, -0.1) is 11.8 Å². The van der Waals surface area contributed by atoms with Crippen LogP contribution in [0.4, 0.5) is 0 Å². The minimum atomic E-state index is 0.0269. The Morgan fingerprint density at radius 3 is 2.62 bits per heavy atom. The fourth-order valence-electron chi connectivity index (χ4n) is 1.87. The molecule has 2 aromatic rings. The average Bonchev–Trinajstić information content (AvgIpc) is 2.55. The molecule has 0 radical (unpaired) electrons. The predicted molar refractivity (Wildman–Crippen MR) is 65.2 cm³/mol. The van der Waals surface area contributed by atoms with E-state index in [-0.39, 0.29) is 5.69 Å². The van der Waals surface area contributed by atoms with E-state index in [1.165, 1.54) is 0 Å². The highest BCUT2D eigenvalue weighted by atomic mass is 16.1. The summed E-state index contributed by atoms with van der Waals surface area (Å²) in [5, 5.41) is 0. The fourth-order valence-corrected chi connectivity index (χ4v) is 1.87. The van der Waals surface area contributed by atoms with Gasteiger partial charge in [0.25, 0.3) is 0 Å². The monoisotopic (exact) mass is 214 g/mol. The summed E-state index contributed by atoms with van der Waals surface area (Å²) in [5.41, 5.74) is 1.98. The summed E-state index contributed by atoms with van der Waals surface area (Å²) >= 11 is 0. The molecule has 0 atom stereocenters. The van der Waals surface area contributed by atoms with E-state index in [9.17, 15) is 4.79 Å². The van der Waals surface area contributed by atoms with Crippen molar-refractivity contribution in [1.82, 2.24) is 9.13 Å². The molecule has 0 unspecified atom stereocenters. The molecule has 1 aromatic heterocycles. The lowest BCUT2D eigenvalue weighted by Gasteiger charge is -1.98. The second-order valence-corrected chi connectivity index (χ2v) is 3.66. The molecule has 0 aliphatic heterocycles. The minimum absolute atomic E-state index is 0.0269. The highest BCUT2D eigenvalue weighted by Crippen LogP contribution is 2.11. The van der Waals surface area contributed by atoms with Gasteiger partial charge in [0.05, 0.1) is 11.0 Å². The molecular weight excluding hydrogens is 200 g/mol. The van der Waals surface area contributed by atoms with Gasteiger partial charge < -0.3 is 0 Å². The molecule has 16 heavy (non-hydrogen) atoms. The quantitative estimate of drug-likeness (QED) is 0.700. The Balaban J connectivity index is 2.54. The Morgan fingerprint density at radius 2 is 1.94 bits per heavy atom. The number of benzene rings is 1. The first kappa shape index (κ1) is 10.6. The molecule has 0 spiro atoms. The number of nitrogens with zero attached hydrogens (tertiary/aromatic N) is 2. The van der Waals surface area contributed by atoms with E-state index in [1.54, 1.807) is 16.2 Å². The van der Waals surface area contributed by atoms with Gasteiger partial charge in [0.2, 0.25) is 0 Å². The Bertz CT molecular complexity index is 623. The Labute approximate surface area is 94.3 Å². The number of hydrogen-bond donors (Lipinski definition) is 0. The minimum Gasteiger partial charge on any atom is -0.295 e. The molecule has 0 aliphatic rings. The number of rotatable bonds is 2. The van der Waals surface area contributed by atoms with Gasteiger partial charge in [-0.25, -0.2) is 4.79 Å². The van der Waals surface area contributed by atoms with Crippen LogP contribution in [-0.4, -0.2) is 9.13 Å². The molecule has 82 valence electrons. The molecule has 1 heterocycles. The number of hydrogen-bond acceptors (Lipinski definition) is 1. The number of imidazole rings is 1. The maximum absolute atomic E-state index is 12.0. The number of para-hydroxylation sites is 2. The van der Waals surface area contributed by atoms with Gasteiger partial charge >= 0.3 is 5.69 Å². The second-order valence-electron chi connectivity index (χ2n) is 3.66. The average molecular weight is 214 g/mol. The summed E-state index contributed by atoms with van der Waals surface area (Å²) in [4.78, 5) is 12.0. The topological polar surface area (TPSA) is 26.9 Å². The molecule has 3 heteroatoms. The van der Waals surface area contributed by atoms with Crippen molar-refractivity contribution in [3.63, 3.8) is 0 Å². The summed E-state index contributed by atoms with van der Waals surface area (Å²) in [6, 6.07) is 7.82. The van der Waals surface area contributed by atoms with Crippen molar-refractivity contribution < 1.29 is 0 Å². The Hall–Kier alpha value is -1.95. The van der Waals surface area contributed by atoms with Crippen molar-refractivity contribution in [2.75, 3.05) is 0 Å². The molecule has 0 fully saturated rings. The van der Waals surface area contributed by atoms with Crippen LogP contribution in [0.2, 0.25) is 0 Å². The smallest absolute Gasteiger partial charge is 0.295 e. The van der Waals surface area contributed by atoms with Crippen LogP contribution in [-0.2, 0) is 13.6 Å². The lowest BCUT2D eigenvalue weighted by atomic mass is 10.3. The van der Waals surface area contributed by atoms with Gasteiger partial charge in [0.15, 0.2) is 0 Å². The zero-order valence-electron chi connectivity index (χ0n) is 9.53. The number of aromatic nitrogens is 2. The zero-order valence-corrected chi connectivity index (χ0v) is 9.53. The first-order valence-electron chi connectivity index (χ1n) is 5.29. The van der Waals surface area contributed by atoms with Crippen molar-refractivity contribution in [3.8, 4) is 11.8 Å². The molecule has 0 amide bonds. The van der Waals surface area contributed by atoms with E-state index in [1.807, 2.05) is 31.2 Å². The summed E-state index contributed by atoms with van der Waals surface area (Å²) < 4.78 is 3.45. The second kappa shape index (κ2) is 4.28. The maximum Gasteiger partial charge on any atom is 0.328 e. The van der Waals surface area contributed by atoms with Crippen molar-refractivity contribution in [1.29, 1.82) is 0 Å². The molecule has 1 aromatic carbocycles. The summed E-state index contributed by atoms with van der Waals surface area (Å²) in [6.45, 7) is 2.47. The summed E-state index contributed by atoms with van der Waals surface area (Å²) in [6.07, 6.45) is 0.713. The van der Waals surface area contributed by atoms with Crippen LogP contribution in [0.1, 0.15) is 13.3 Å². The van der Waals surface area contributed by atoms with E-state index >= 15 is 0 Å². The van der Waals surface area contributed by atoms with Crippen molar-refractivity contribution in [2.24, 2.45) is 7.05 Å². The molecular formula is C13H14N2O. The van der Waals surface area contributed by atoms with E-state index in [2.05, 4.69) is 11.8 Å². The van der Waals surface area contributed by atoms with Crippen LogP contribution >= 0.6 is 0 Å². The fraction of sp³-hybridized carbons (Fsp3) is 0.308. The predicted octanol–water partition coefficient (Wildman–Crippen LogP) is 1.75. The van der Waals surface area contributed by atoms with Crippen LogP contribution in [0.15, 0.2) is 29.1 Å². The molecule has 0 saturated carbocycles. The molecule has 3 nitrogen and oxygen atoms in total. The van der Waals surface area contributed by atoms with E-state index in [0.29, 0.717) is 13.0 Å². The van der Waals surface area contributed by atoms with Gasteiger partial charge in [-0.3, -0.25) is 9.13 Å². The Kier molecular flexibility index (Phi) is 2.82. The summed E-state index contributed by atoms with van der Waals surface area (Å²) in [7, 11) is 1.80. The number of aryl methyl sites for hydroxylation is 2. The first-order valence-corrected chi connectivity index (χ1v) is 5.29. The summed E-state index contributed by atoms with van der Waals surface area (Å²) in [5.74, 6) is 5.82. The van der Waals surface area contributed by atoms with Gasteiger partial charge in [0.1, 0.15) is 0 Å². The number of fused-ring (bicyclic) bond motifs is 1. The van der Waals surface area contributed by atoms with Crippen molar-refractivity contribution >= 4 is 11.0 Å². The third-order valence-corrected chi connectivity index (χ3v) is 2.69. The van der Waals surface area contributed by atoms with Crippen LogP contribution in [0.3, 0.4) is 0 Å². The van der Waals surface area contributed by atoms with Crippen LogP contribution in [0.25, 0.3) is 11.0 Å². The largest absolute Gasteiger partial charge is 0.328 e. The van der Waals surface area contributed by atoms with E-state index in [4.69, 9.17) is 0 Å². The molecule has 0 bridgehead atoms. The Morgan fingerprint density at radius 1 is 1.25 bits per heavy atom. The van der Waals surface area contributed by atoms with Crippen LogP contribution < -0.4 is 5.69 Å². The first-order chi connectivity index (χ1) is 7.75. The van der Waals surface area contributed by atoms with Gasteiger partial charge in [-0.1, -0.05) is 12.1 Å².